The molecule has 1 unspecified atom stereocenters. The van der Waals surface area contributed by atoms with E-state index in [-0.39, 0.29) is 17.9 Å². The molecule has 0 radical (unpaired) electrons. The Hall–Kier alpha value is -1.72. The van der Waals surface area contributed by atoms with Gasteiger partial charge in [-0.3, -0.25) is 19.4 Å². The summed E-state index contributed by atoms with van der Waals surface area (Å²) < 4.78 is 5.61. The number of imide groups is 1. The Morgan fingerprint density at radius 3 is 2.45 bits per heavy atom. The third kappa shape index (κ3) is 2.23. The van der Waals surface area contributed by atoms with Gasteiger partial charge in [0.1, 0.15) is 0 Å². The summed E-state index contributed by atoms with van der Waals surface area (Å²) in [4.78, 5) is 28.0. The number of nitrogens with zero attached hydrogens (tertiary/aromatic N) is 2. The summed E-state index contributed by atoms with van der Waals surface area (Å²) in [5.74, 6) is -0.379. The zero-order valence-electron chi connectivity index (χ0n) is 11.5. The van der Waals surface area contributed by atoms with Crippen molar-refractivity contribution < 1.29 is 14.3 Å². The number of carbonyl (C=O) groups excluding carboxylic acids is 2. The van der Waals surface area contributed by atoms with Crippen molar-refractivity contribution in [1.29, 1.82) is 0 Å². The van der Waals surface area contributed by atoms with Gasteiger partial charge in [0.05, 0.1) is 30.5 Å². The Kier molecular flexibility index (Phi) is 3.54. The summed E-state index contributed by atoms with van der Waals surface area (Å²) in [5, 5.41) is 0. The van der Waals surface area contributed by atoms with Gasteiger partial charge in [0, 0.05) is 13.1 Å². The third-order valence-electron chi connectivity index (χ3n) is 3.90. The number of hydrogen-bond acceptors (Lipinski definition) is 4. The molecule has 1 aromatic carbocycles. The molecule has 0 aliphatic carbocycles. The van der Waals surface area contributed by atoms with Crippen molar-refractivity contribution in [3.63, 3.8) is 0 Å². The highest BCUT2D eigenvalue weighted by Gasteiger charge is 2.36. The summed E-state index contributed by atoms with van der Waals surface area (Å²) in [6.45, 7) is 4.61. The first kappa shape index (κ1) is 13.3. The van der Waals surface area contributed by atoms with Crippen LogP contribution in [0.25, 0.3) is 0 Å². The Balaban J connectivity index is 1.73. The number of hydrogen-bond donors (Lipinski definition) is 0. The molecule has 0 aromatic heterocycles. The highest BCUT2D eigenvalue weighted by Crippen LogP contribution is 2.23. The van der Waals surface area contributed by atoms with E-state index in [9.17, 15) is 9.59 Å². The zero-order valence-corrected chi connectivity index (χ0v) is 11.5. The number of carbonyl (C=O) groups is 2. The van der Waals surface area contributed by atoms with Crippen molar-refractivity contribution >= 4 is 11.8 Å². The maximum absolute atomic E-state index is 12.3. The molecule has 0 N–H and O–H groups in total. The van der Waals surface area contributed by atoms with Gasteiger partial charge >= 0.3 is 0 Å². The van der Waals surface area contributed by atoms with Gasteiger partial charge in [0.2, 0.25) is 0 Å². The molecule has 0 saturated carbocycles. The molecule has 106 valence electrons. The molecule has 1 aromatic rings. The molecule has 2 heterocycles. The highest BCUT2D eigenvalue weighted by atomic mass is 16.5. The lowest BCUT2D eigenvalue weighted by atomic mass is 10.1. The predicted molar refractivity (Wildman–Crippen MR) is 73.4 cm³/mol. The lowest BCUT2D eigenvalue weighted by molar-refractivity contribution is -0.0408. The van der Waals surface area contributed by atoms with Crippen LogP contribution in [0.4, 0.5) is 0 Å². The molecule has 2 aliphatic heterocycles. The summed E-state index contributed by atoms with van der Waals surface area (Å²) in [6.07, 6.45) is 1.14. The summed E-state index contributed by atoms with van der Waals surface area (Å²) >= 11 is 0. The topological polar surface area (TPSA) is 49.9 Å². The van der Waals surface area contributed by atoms with Gasteiger partial charge < -0.3 is 4.74 Å². The fraction of sp³-hybridized carbons (Fsp3) is 0.467. The van der Waals surface area contributed by atoms with Crippen LogP contribution in [0.5, 0.6) is 0 Å². The molecular weight excluding hydrogens is 256 g/mol. The number of ether oxygens (including phenoxy) is 1. The van der Waals surface area contributed by atoms with Gasteiger partial charge in [0.25, 0.3) is 11.8 Å². The second-order valence-electron chi connectivity index (χ2n) is 5.20. The van der Waals surface area contributed by atoms with Crippen LogP contribution in [-0.4, -0.2) is 54.1 Å². The number of rotatable bonds is 3. The van der Waals surface area contributed by atoms with Crippen molar-refractivity contribution in [2.24, 2.45) is 0 Å². The van der Waals surface area contributed by atoms with E-state index in [4.69, 9.17) is 4.74 Å². The molecule has 3 rings (SSSR count). The second kappa shape index (κ2) is 5.34. The van der Waals surface area contributed by atoms with E-state index >= 15 is 0 Å². The maximum atomic E-state index is 12.3. The van der Waals surface area contributed by atoms with Gasteiger partial charge in [-0.15, -0.1) is 0 Å². The van der Waals surface area contributed by atoms with Crippen LogP contribution in [0.3, 0.4) is 0 Å². The van der Waals surface area contributed by atoms with Crippen molar-refractivity contribution in [3.8, 4) is 0 Å². The van der Waals surface area contributed by atoms with Gasteiger partial charge in [-0.1, -0.05) is 19.1 Å². The molecule has 5 nitrogen and oxygen atoms in total. The lowest BCUT2D eigenvalue weighted by Gasteiger charge is -2.34. The van der Waals surface area contributed by atoms with E-state index < -0.39 is 0 Å². The molecule has 0 spiro atoms. The minimum absolute atomic E-state index is 0.190. The Morgan fingerprint density at radius 1 is 1.20 bits per heavy atom. The summed E-state index contributed by atoms with van der Waals surface area (Å²) in [6, 6.07) is 7.00. The van der Waals surface area contributed by atoms with Gasteiger partial charge in [0.15, 0.2) is 0 Å². The fourth-order valence-corrected chi connectivity index (χ4v) is 2.72. The Morgan fingerprint density at radius 2 is 1.85 bits per heavy atom. The maximum Gasteiger partial charge on any atom is 0.262 e. The number of morpholine rings is 1. The average molecular weight is 274 g/mol. The Bertz CT molecular complexity index is 509. The van der Waals surface area contributed by atoms with Crippen molar-refractivity contribution in [1.82, 2.24) is 9.80 Å². The lowest BCUT2D eigenvalue weighted by Crippen LogP contribution is -2.48. The fourth-order valence-electron chi connectivity index (χ4n) is 2.72. The minimum atomic E-state index is -0.190. The minimum Gasteiger partial charge on any atom is -0.376 e. The monoisotopic (exact) mass is 274 g/mol. The quantitative estimate of drug-likeness (QED) is 0.781. The van der Waals surface area contributed by atoms with Crippen molar-refractivity contribution in [3.05, 3.63) is 35.4 Å². The van der Waals surface area contributed by atoms with Gasteiger partial charge in [-0.05, 0) is 18.6 Å². The summed E-state index contributed by atoms with van der Waals surface area (Å²) in [5.41, 5.74) is 1.02. The second-order valence-corrected chi connectivity index (χ2v) is 5.20. The smallest absolute Gasteiger partial charge is 0.262 e. The van der Waals surface area contributed by atoms with Crippen molar-refractivity contribution in [2.45, 2.75) is 19.4 Å². The number of amides is 2. The van der Waals surface area contributed by atoms with E-state index in [1.54, 1.807) is 24.3 Å². The van der Waals surface area contributed by atoms with Crippen LogP contribution >= 0.6 is 0 Å². The summed E-state index contributed by atoms with van der Waals surface area (Å²) in [7, 11) is 0. The average Bonchev–Trinajstić information content (AvgIpc) is 2.73. The highest BCUT2D eigenvalue weighted by molar-refractivity contribution is 6.21. The van der Waals surface area contributed by atoms with E-state index in [1.807, 2.05) is 0 Å². The largest absolute Gasteiger partial charge is 0.376 e. The van der Waals surface area contributed by atoms with Crippen LogP contribution in [0.15, 0.2) is 24.3 Å². The molecule has 1 saturated heterocycles. The number of fused-ring (bicyclic) bond motifs is 1. The molecule has 5 heteroatoms. The van der Waals surface area contributed by atoms with Crippen LogP contribution in [-0.2, 0) is 4.74 Å². The van der Waals surface area contributed by atoms with E-state index in [2.05, 4.69) is 11.8 Å². The third-order valence-corrected chi connectivity index (χ3v) is 3.90. The van der Waals surface area contributed by atoms with Gasteiger partial charge in [-0.2, -0.15) is 0 Å². The molecule has 2 aliphatic rings. The molecular formula is C15H18N2O3. The molecule has 1 fully saturated rings. The predicted octanol–water partition coefficient (Wildman–Crippen LogP) is 1.35. The first-order valence-corrected chi connectivity index (χ1v) is 7.00. The first-order valence-electron chi connectivity index (χ1n) is 7.00. The number of benzene rings is 1. The SMILES string of the molecule is CCC1CN(CN2C(=O)c3ccccc3C2=O)CCO1. The molecule has 1 atom stereocenters. The van der Waals surface area contributed by atoms with Crippen LogP contribution in [0.2, 0.25) is 0 Å². The first-order chi connectivity index (χ1) is 9.70. The molecule has 20 heavy (non-hydrogen) atoms. The molecule has 2 amide bonds. The Labute approximate surface area is 118 Å². The van der Waals surface area contributed by atoms with Crippen LogP contribution in [0, 0.1) is 0 Å². The van der Waals surface area contributed by atoms with E-state index in [0.717, 1.165) is 19.5 Å². The normalized spacial score (nSPS) is 23.2. The zero-order chi connectivity index (χ0) is 14.1. The van der Waals surface area contributed by atoms with Crippen molar-refractivity contribution in [2.75, 3.05) is 26.4 Å². The van der Waals surface area contributed by atoms with Crippen LogP contribution in [0.1, 0.15) is 34.1 Å². The van der Waals surface area contributed by atoms with E-state index in [0.29, 0.717) is 24.4 Å². The van der Waals surface area contributed by atoms with Gasteiger partial charge in [-0.25, -0.2) is 0 Å². The van der Waals surface area contributed by atoms with E-state index in [1.165, 1.54) is 4.90 Å². The standard InChI is InChI=1S/C15H18N2O3/c1-2-11-9-16(7-8-20-11)10-17-14(18)12-5-3-4-6-13(12)15(17)19/h3-6,11H,2,7-10H2,1H3. The molecule has 0 bridgehead atoms. The van der Waals surface area contributed by atoms with Crippen LogP contribution < -0.4 is 0 Å².